The third kappa shape index (κ3) is 4.00. The van der Waals surface area contributed by atoms with Gasteiger partial charge in [-0.2, -0.15) is 0 Å². The molecule has 122 valence electrons. The molecule has 1 unspecified atom stereocenters. The van der Waals surface area contributed by atoms with Crippen molar-refractivity contribution in [3.63, 3.8) is 0 Å². The highest BCUT2D eigenvalue weighted by atomic mass is 16.6. The maximum atomic E-state index is 6.29. The van der Waals surface area contributed by atoms with Crippen LogP contribution in [0.2, 0.25) is 0 Å². The first-order valence-corrected chi connectivity index (χ1v) is 7.99. The quantitative estimate of drug-likeness (QED) is 0.888. The minimum atomic E-state index is -0.238. The van der Waals surface area contributed by atoms with E-state index in [1.54, 1.807) is 6.20 Å². The molecular weight excluding hydrogens is 292 g/mol. The zero-order valence-corrected chi connectivity index (χ0v) is 13.3. The lowest BCUT2D eigenvalue weighted by molar-refractivity contribution is -0.0440. The normalized spacial score (nSPS) is 19.1. The van der Waals surface area contributed by atoms with E-state index in [9.17, 15) is 0 Å². The molecule has 2 aromatic rings. The predicted octanol–water partition coefficient (Wildman–Crippen LogP) is 2.59. The van der Waals surface area contributed by atoms with E-state index in [0.29, 0.717) is 13.2 Å². The molecular formula is C18H22N2O3. The molecule has 3 rings (SSSR count). The van der Waals surface area contributed by atoms with Crippen LogP contribution >= 0.6 is 0 Å². The molecule has 1 aromatic heterocycles. The van der Waals surface area contributed by atoms with E-state index in [-0.39, 0.29) is 12.2 Å². The number of pyridine rings is 1. The van der Waals surface area contributed by atoms with Gasteiger partial charge in [0.25, 0.3) is 0 Å². The van der Waals surface area contributed by atoms with Crippen LogP contribution in [-0.2, 0) is 4.74 Å². The molecule has 1 N–H and O–H groups in total. The lowest BCUT2D eigenvalue weighted by Gasteiger charge is -2.31. The average Bonchev–Trinajstić information content (AvgIpc) is 2.63. The fourth-order valence-corrected chi connectivity index (χ4v) is 2.64. The second kappa shape index (κ2) is 7.94. The predicted molar refractivity (Wildman–Crippen MR) is 87.8 cm³/mol. The van der Waals surface area contributed by atoms with E-state index in [1.807, 2.05) is 49.5 Å². The van der Waals surface area contributed by atoms with E-state index in [1.165, 1.54) is 0 Å². The summed E-state index contributed by atoms with van der Waals surface area (Å²) < 4.78 is 17.9. The molecule has 2 atom stereocenters. The summed E-state index contributed by atoms with van der Waals surface area (Å²) >= 11 is 0. The van der Waals surface area contributed by atoms with Gasteiger partial charge < -0.3 is 19.5 Å². The van der Waals surface area contributed by atoms with Crippen molar-refractivity contribution in [2.24, 2.45) is 0 Å². The molecule has 5 heteroatoms. The summed E-state index contributed by atoms with van der Waals surface area (Å²) in [6, 6.07) is 11.6. The Hall–Kier alpha value is -2.11. The van der Waals surface area contributed by atoms with Gasteiger partial charge in [0.1, 0.15) is 6.10 Å². The standard InChI is InChI=1S/C18H22N2O3/c1-2-21-15-7-3-4-8-16(15)23-18(14-6-5-9-19-12-14)17-13-20-10-11-22-17/h3-9,12,17-18,20H,2,10-11,13H2,1H3/t17-,18?/m0/s1. The van der Waals surface area contributed by atoms with E-state index < -0.39 is 0 Å². The highest BCUT2D eigenvalue weighted by Crippen LogP contribution is 2.33. The molecule has 1 fully saturated rings. The van der Waals surface area contributed by atoms with E-state index in [2.05, 4.69) is 10.3 Å². The number of nitrogens with one attached hydrogen (secondary N) is 1. The molecule has 0 spiro atoms. The van der Waals surface area contributed by atoms with Crippen molar-refractivity contribution in [2.45, 2.75) is 19.1 Å². The van der Waals surface area contributed by atoms with Crippen LogP contribution in [0.25, 0.3) is 0 Å². The van der Waals surface area contributed by atoms with Gasteiger partial charge in [-0.25, -0.2) is 0 Å². The summed E-state index contributed by atoms with van der Waals surface area (Å²) in [5, 5.41) is 3.35. The number of hydrogen-bond donors (Lipinski definition) is 1. The summed E-state index contributed by atoms with van der Waals surface area (Å²) in [6.07, 6.45) is 3.28. The molecule has 0 amide bonds. The maximum absolute atomic E-state index is 6.29. The number of ether oxygens (including phenoxy) is 3. The van der Waals surface area contributed by atoms with Gasteiger partial charge in [0.2, 0.25) is 0 Å². The zero-order chi connectivity index (χ0) is 15.9. The Morgan fingerprint density at radius 2 is 2.13 bits per heavy atom. The first kappa shape index (κ1) is 15.8. The fourth-order valence-electron chi connectivity index (χ4n) is 2.64. The zero-order valence-electron chi connectivity index (χ0n) is 13.3. The number of morpholine rings is 1. The molecule has 1 saturated heterocycles. The Labute approximate surface area is 136 Å². The first-order chi connectivity index (χ1) is 11.4. The van der Waals surface area contributed by atoms with Crippen LogP contribution in [0, 0.1) is 0 Å². The van der Waals surface area contributed by atoms with Crippen LogP contribution in [0.3, 0.4) is 0 Å². The topological polar surface area (TPSA) is 52.6 Å². The molecule has 0 radical (unpaired) electrons. The Kier molecular flexibility index (Phi) is 5.45. The highest BCUT2D eigenvalue weighted by molar-refractivity contribution is 5.40. The monoisotopic (exact) mass is 314 g/mol. The van der Waals surface area contributed by atoms with Crippen molar-refractivity contribution >= 4 is 0 Å². The van der Waals surface area contributed by atoms with Crippen molar-refractivity contribution in [3.8, 4) is 11.5 Å². The number of para-hydroxylation sites is 2. The molecule has 1 aromatic carbocycles. The highest BCUT2D eigenvalue weighted by Gasteiger charge is 2.28. The van der Waals surface area contributed by atoms with Crippen molar-refractivity contribution in [3.05, 3.63) is 54.4 Å². The van der Waals surface area contributed by atoms with Crippen molar-refractivity contribution < 1.29 is 14.2 Å². The van der Waals surface area contributed by atoms with Crippen LogP contribution in [0.4, 0.5) is 0 Å². The smallest absolute Gasteiger partial charge is 0.162 e. The van der Waals surface area contributed by atoms with Gasteiger partial charge in [0, 0.05) is 31.0 Å². The van der Waals surface area contributed by atoms with Gasteiger partial charge in [-0.3, -0.25) is 4.98 Å². The SMILES string of the molecule is CCOc1ccccc1OC(c1cccnc1)[C@@H]1CNCCO1. The molecule has 0 aliphatic carbocycles. The number of aromatic nitrogens is 1. The molecule has 2 heterocycles. The van der Waals surface area contributed by atoms with Crippen molar-refractivity contribution in [2.75, 3.05) is 26.3 Å². The summed E-state index contributed by atoms with van der Waals surface area (Å²) in [7, 11) is 0. The van der Waals surface area contributed by atoms with Crippen molar-refractivity contribution in [1.82, 2.24) is 10.3 Å². The van der Waals surface area contributed by atoms with Gasteiger partial charge in [-0.15, -0.1) is 0 Å². The number of rotatable bonds is 6. The van der Waals surface area contributed by atoms with Gasteiger partial charge in [-0.05, 0) is 25.1 Å². The molecule has 23 heavy (non-hydrogen) atoms. The van der Waals surface area contributed by atoms with E-state index >= 15 is 0 Å². The van der Waals surface area contributed by atoms with Crippen molar-refractivity contribution in [1.29, 1.82) is 0 Å². The molecule has 1 aliphatic heterocycles. The molecule has 1 aliphatic rings. The summed E-state index contributed by atoms with van der Waals surface area (Å²) in [6.45, 7) is 4.85. The Morgan fingerprint density at radius 1 is 1.26 bits per heavy atom. The Balaban J connectivity index is 1.86. The van der Waals surface area contributed by atoms with Crippen LogP contribution in [0.1, 0.15) is 18.6 Å². The summed E-state index contributed by atoms with van der Waals surface area (Å²) in [4.78, 5) is 4.21. The fraction of sp³-hybridized carbons (Fsp3) is 0.389. The third-order valence-corrected chi connectivity index (χ3v) is 3.71. The van der Waals surface area contributed by atoms with Crippen LogP contribution in [-0.4, -0.2) is 37.4 Å². The molecule has 5 nitrogen and oxygen atoms in total. The first-order valence-electron chi connectivity index (χ1n) is 7.99. The summed E-state index contributed by atoms with van der Waals surface area (Å²) in [5.74, 6) is 1.46. The molecule has 0 bridgehead atoms. The number of nitrogens with zero attached hydrogens (tertiary/aromatic N) is 1. The van der Waals surface area contributed by atoms with Crippen LogP contribution in [0.5, 0.6) is 11.5 Å². The van der Waals surface area contributed by atoms with Gasteiger partial charge in [0.15, 0.2) is 17.6 Å². The van der Waals surface area contributed by atoms with Crippen LogP contribution < -0.4 is 14.8 Å². The van der Waals surface area contributed by atoms with Gasteiger partial charge >= 0.3 is 0 Å². The average molecular weight is 314 g/mol. The minimum absolute atomic E-state index is 0.0670. The number of benzene rings is 1. The second-order valence-electron chi connectivity index (χ2n) is 5.32. The van der Waals surface area contributed by atoms with E-state index in [4.69, 9.17) is 14.2 Å². The molecule has 0 saturated carbocycles. The van der Waals surface area contributed by atoms with Gasteiger partial charge in [-0.1, -0.05) is 18.2 Å². The number of hydrogen-bond acceptors (Lipinski definition) is 5. The van der Waals surface area contributed by atoms with E-state index in [0.717, 1.165) is 30.2 Å². The summed E-state index contributed by atoms with van der Waals surface area (Å²) in [5.41, 5.74) is 0.993. The van der Waals surface area contributed by atoms with Gasteiger partial charge in [0.05, 0.1) is 13.2 Å². The second-order valence-corrected chi connectivity index (χ2v) is 5.32. The Morgan fingerprint density at radius 3 is 2.83 bits per heavy atom. The lowest BCUT2D eigenvalue weighted by atomic mass is 10.1. The van der Waals surface area contributed by atoms with Crippen LogP contribution in [0.15, 0.2) is 48.8 Å². The Bertz CT molecular complexity index is 600. The minimum Gasteiger partial charge on any atom is -0.490 e. The largest absolute Gasteiger partial charge is 0.490 e. The lowest BCUT2D eigenvalue weighted by Crippen LogP contribution is -2.43. The maximum Gasteiger partial charge on any atom is 0.162 e. The third-order valence-electron chi connectivity index (χ3n) is 3.71.